The van der Waals surface area contributed by atoms with E-state index in [0.717, 1.165) is 22.8 Å². The number of anilines is 1. The van der Waals surface area contributed by atoms with Gasteiger partial charge in [-0.1, -0.05) is 25.0 Å². The Morgan fingerprint density at radius 3 is 2.65 bits per heavy atom. The molecule has 1 N–H and O–H groups in total. The highest BCUT2D eigenvalue weighted by Gasteiger charge is 2.19. The van der Waals surface area contributed by atoms with E-state index < -0.39 is 0 Å². The van der Waals surface area contributed by atoms with Crippen molar-refractivity contribution in [1.29, 1.82) is 0 Å². The van der Waals surface area contributed by atoms with Gasteiger partial charge in [0.2, 0.25) is 0 Å². The van der Waals surface area contributed by atoms with Crippen molar-refractivity contribution in [1.82, 2.24) is 9.97 Å². The molecule has 2 aromatic rings. The van der Waals surface area contributed by atoms with Crippen LogP contribution in [0.5, 0.6) is 0 Å². The molecule has 1 heterocycles. The Bertz CT molecular complexity index is 601. The maximum Gasteiger partial charge on any atom is 0.159 e. The van der Waals surface area contributed by atoms with Crippen LogP contribution in [0.2, 0.25) is 0 Å². The smallest absolute Gasteiger partial charge is 0.159 e. The van der Waals surface area contributed by atoms with E-state index in [0.29, 0.717) is 5.92 Å². The van der Waals surface area contributed by atoms with Gasteiger partial charge in [-0.15, -0.1) is 0 Å². The first-order valence-electron chi connectivity index (χ1n) is 7.40. The molecule has 0 amide bonds. The minimum absolute atomic E-state index is 0.628. The van der Waals surface area contributed by atoms with Crippen LogP contribution in [0.25, 0.3) is 11.4 Å². The third-order valence-electron chi connectivity index (χ3n) is 4.06. The van der Waals surface area contributed by atoms with Gasteiger partial charge in [0.1, 0.15) is 0 Å². The standard InChI is InChI=1S/C17H21N3/c1-12-10-16(13-6-3-4-7-13)20-17(19-12)14-8-5-9-15(11-14)18-2/h5,8-11,13,18H,3-4,6-7H2,1-2H3. The lowest BCUT2D eigenvalue weighted by atomic mass is 10.0. The predicted molar refractivity (Wildman–Crippen MR) is 83.0 cm³/mol. The van der Waals surface area contributed by atoms with Crippen molar-refractivity contribution in [2.24, 2.45) is 0 Å². The molecule has 3 nitrogen and oxygen atoms in total. The normalized spacial score (nSPS) is 15.5. The SMILES string of the molecule is CNc1cccc(-c2nc(C)cc(C3CCCC3)n2)c1. The van der Waals surface area contributed by atoms with Crippen LogP contribution in [0, 0.1) is 6.92 Å². The van der Waals surface area contributed by atoms with Gasteiger partial charge in [0.15, 0.2) is 5.82 Å². The van der Waals surface area contributed by atoms with Gasteiger partial charge < -0.3 is 5.32 Å². The van der Waals surface area contributed by atoms with E-state index in [4.69, 9.17) is 4.98 Å². The van der Waals surface area contributed by atoms with E-state index in [-0.39, 0.29) is 0 Å². The lowest BCUT2D eigenvalue weighted by Crippen LogP contribution is -2.02. The van der Waals surface area contributed by atoms with Crippen molar-refractivity contribution in [2.45, 2.75) is 38.5 Å². The van der Waals surface area contributed by atoms with Crippen LogP contribution in [0.15, 0.2) is 30.3 Å². The Balaban J connectivity index is 1.99. The van der Waals surface area contributed by atoms with Crippen LogP contribution in [0.1, 0.15) is 43.0 Å². The van der Waals surface area contributed by atoms with Gasteiger partial charge in [-0.25, -0.2) is 9.97 Å². The maximum atomic E-state index is 4.82. The van der Waals surface area contributed by atoms with Crippen LogP contribution >= 0.6 is 0 Å². The summed E-state index contributed by atoms with van der Waals surface area (Å²) in [4.78, 5) is 9.43. The molecule has 1 fully saturated rings. The molecule has 0 bridgehead atoms. The van der Waals surface area contributed by atoms with Gasteiger partial charge in [-0.2, -0.15) is 0 Å². The number of nitrogens with one attached hydrogen (secondary N) is 1. The van der Waals surface area contributed by atoms with Gasteiger partial charge in [-0.3, -0.25) is 0 Å². The molecule has 1 aliphatic rings. The predicted octanol–water partition coefficient (Wildman–Crippen LogP) is 4.15. The summed E-state index contributed by atoms with van der Waals surface area (Å²) in [6, 6.07) is 10.4. The topological polar surface area (TPSA) is 37.8 Å². The molecule has 3 rings (SSSR count). The minimum atomic E-state index is 0.628. The first-order chi connectivity index (χ1) is 9.76. The van der Waals surface area contributed by atoms with Crippen molar-refractivity contribution in [3.63, 3.8) is 0 Å². The second kappa shape index (κ2) is 5.61. The van der Waals surface area contributed by atoms with Crippen LogP contribution < -0.4 is 5.32 Å². The summed E-state index contributed by atoms with van der Waals surface area (Å²) in [7, 11) is 1.93. The Kier molecular flexibility index (Phi) is 3.68. The zero-order valence-corrected chi connectivity index (χ0v) is 12.2. The number of rotatable bonds is 3. The summed E-state index contributed by atoms with van der Waals surface area (Å²) in [6.07, 6.45) is 5.20. The lowest BCUT2D eigenvalue weighted by molar-refractivity contribution is 0.693. The summed E-state index contributed by atoms with van der Waals surface area (Å²) in [6.45, 7) is 2.06. The van der Waals surface area contributed by atoms with E-state index >= 15 is 0 Å². The Hall–Kier alpha value is -1.90. The molecular formula is C17H21N3. The minimum Gasteiger partial charge on any atom is -0.388 e. The number of benzene rings is 1. The van der Waals surface area contributed by atoms with Gasteiger partial charge >= 0.3 is 0 Å². The summed E-state index contributed by atoms with van der Waals surface area (Å²) >= 11 is 0. The van der Waals surface area contributed by atoms with Gasteiger partial charge in [0.25, 0.3) is 0 Å². The number of aryl methyl sites for hydroxylation is 1. The Morgan fingerprint density at radius 2 is 1.90 bits per heavy atom. The number of aromatic nitrogens is 2. The van der Waals surface area contributed by atoms with Crippen molar-refractivity contribution in [3.05, 3.63) is 41.7 Å². The van der Waals surface area contributed by atoms with Crippen molar-refractivity contribution >= 4 is 5.69 Å². The molecule has 104 valence electrons. The van der Waals surface area contributed by atoms with Gasteiger partial charge in [0.05, 0.1) is 0 Å². The first-order valence-corrected chi connectivity index (χ1v) is 7.40. The van der Waals surface area contributed by atoms with E-state index in [9.17, 15) is 0 Å². The quantitative estimate of drug-likeness (QED) is 0.907. The van der Waals surface area contributed by atoms with Crippen LogP contribution in [0.3, 0.4) is 0 Å². The van der Waals surface area contributed by atoms with E-state index in [2.05, 4.69) is 41.5 Å². The van der Waals surface area contributed by atoms with Crippen LogP contribution in [-0.4, -0.2) is 17.0 Å². The fourth-order valence-corrected chi connectivity index (χ4v) is 2.97. The molecule has 0 saturated heterocycles. The Labute approximate surface area is 120 Å². The maximum absolute atomic E-state index is 4.82. The third-order valence-corrected chi connectivity index (χ3v) is 4.06. The first kappa shape index (κ1) is 13.1. The number of hydrogen-bond acceptors (Lipinski definition) is 3. The summed E-state index contributed by atoms with van der Waals surface area (Å²) in [5, 5.41) is 3.17. The number of nitrogens with zero attached hydrogens (tertiary/aromatic N) is 2. The van der Waals surface area contributed by atoms with Crippen LogP contribution in [-0.2, 0) is 0 Å². The molecule has 1 aromatic heterocycles. The zero-order valence-electron chi connectivity index (χ0n) is 12.2. The van der Waals surface area contributed by atoms with Gasteiger partial charge in [0, 0.05) is 35.6 Å². The molecule has 0 unspecified atom stereocenters. The fraction of sp³-hybridized carbons (Fsp3) is 0.412. The molecule has 1 saturated carbocycles. The molecule has 0 atom stereocenters. The largest absolute Gasteiger partial charge is 0.388 e. The second-order valence-corrected chi connectivity index (χ2v) is 5.57. The van der Waals surface area contributed by atoms with E-state index in [1.165, 1.54) is 31.4 Å². The highest BCUT2D eigenvalue weighted by Crippen LogP contribution is 2.34. The molecule has 1 aromatic carbocycles. The van der Waals surface area contributed by atoms with Crippen molar-refractivity contribution < 1.29 is 0 Å². The summed E-state index contributed by atoms with van der Waals surface area (Å²) in [5.41, 5.74) is 4.46. The van der Waals surface area contributed by atoms with E-state index in [1.807, 2.05) is 13.1 Å². The Morgan fingerprint density at radius 1 is 1.10 bits per heavy atom. The average molecular weight is 267 g/mol. The number of hydrogen-bond donors (Lipinski definition) is 1. The molecular weight excluding hydrogens is 246 g/mol. The van der Waals surface area contributed by atoms with Gasteiger partial charge in [-0.05, 0) is 38.0 Å². The third kappa shape index (κ3) is 2.67. The molecule has 0 aliphatic heterocycles. The van der Waals surface area contributed by atoms with E-state index in [1.54, 1.807) is 0 Å². The van der Waals surface area contributed by atoms with Crippen LogP contribution in [0.4, 0.5) is 5.69 Å². The summed E-state index contributed by atoms with van der Waals surface area (Å²) < 4.78 is 0. The molecule has 3 heteroatoms. The van der Waals surface area contributed by atoms with Crippen molar-refractivity contribution in [2.75, 3.05) is 12.4 Å². The fourth-order valence-electron chi connectivity index (χ4n) is 2.97. The van der Waals surface area contributed by atoms with Crippen molar-refractivity contribution in [3.8, 4) is 11.4 Å². The molecule has 20 heavy (non-hydrogen) atoms. The molecule has 0 spiro atoms. The highest BCUT2D eigenvalue weighted by molar-refractivity contribution is 5.62. The average Bonchev–Trinajstić information content (AvgIpc) is 3.01. The molecule has 1 aliphatic carbocycles. The summed E-state index contributed by atoms with van der Waals surface area (Å²) in [5.74, 6) is 1.48. The monoisotopic (exact) mass is 267 g/mol. The molecule has 0 radical (unpaired) electrons. The zero-order chi connectivity index (χ0) is 13.9. The lowest BCUT2D eigenvalue weighted by Gasteiger charge is -2.11. The second-order valence-electron chi connectivity index (χ2n) is 5.57. The highest BCUT2D eigenvalue weighted by atomic mass is 14.9.